The van der Waals surface area contributed by atoms with Gasteiger partial charge in [-0.2, -0.15) is 9.78 Å². The zero-order chi connectivity index (χ0) is 27.8. The number of hydrogen-bond acceptors (Lipinski definition) is 7. The average molecular weight is 720 g/mol. The van der Waals surface area contributed by atoms with E-state index < -0.39 is 12.1 Å². The van der Waals surface area contributed by atoms with Crippen LogP contribution < -0.4 is 15.0 Å². The Hall–Kier alpha value is -3.48. The highest BCUT2D eigenvalue weighted by atomic mass is 79.9. The van der Waals surface area contributed by atoms with E-state index in [0.29, 0.717) is 36.8 Å². The predicted octanol–water partition coefficient (Wildman–Crippen LogP) is 6.84. The van der Waals surface area contributed by atoms with Crippen molar-refractivity contribution in [2.45, 2.75) is 13.0 Å². The number of fused-ring (bicyclic) bond motifs is 2. The first-order valence-corrected chi connectivity index (χ1v) is 13.8. The van der Waals surface area contributed by atoms with Gasteiger partial charge in [-0.05, 0) is 81.2 Å². The smallest absolute Gasteiger partial charge is 0.344 e. The molecule has 0 saturated heterocycles. The Morgan fingerprint density at radius 1 is 1.13 bits per heavy atom. The maximum absolute atomic E-state index is 13.6. The molecule has 12 heteroatoms. The average Bonchev–Trinajstić information content (AvgIpc) is 3.34. The molecule has 198 valence electrons. The lowest BCUT2D eigenvalue weighted by Gasteiger charge is -2.17. The number of rotatable bonds is 7. The summed E-state index contributed by atoms with van der Waals surface area (Å²) in [6.07, 6.45) is 0.346. The summed E-state index contributed by atoms with van der Waals surface area (Å²) >= 11 is 10.4. The fourth-order valence-corrected chi connectivity index (χ4v) is 5.12. The maximum atomic E-state index is 13.6. The Labute approximate surface area is 246 Å². The largest absolute Gasteiger partial charge is 0.493 e. The summed E-state index contributed by atoms with van der Waals surface area (Å²) in [6.45, 7) is 1.41. The van der Waals surface area contributed by atoms with E-state index in [0.717, 1.165) is 9.86 Å². The molecule has 2 heterocycles. The van der Waals surface area contributed by atoms with E-state index in [2.05, 4.69) is 52.9 Å². The number of nitrogens with zero attached hydrogens (tertiary/aromatic N) is 3. The number of halogens is 3. The number of furan rings is 1. The van der Waals surface area contributed by atoms with Crippen molar-refractivity contribution in [3.05, 3.63) is 83.9 Å². The number of carboxylic acid groups (broad SMARTS) is 1. The van der Waals surface area contributed by atoms with Gasteiger partial charge in [0, 0.05) is 19.9 Å². The Morgan fingerprint density at radius 2 is 1.90 bits per heavy atom. The Morgan fingerprint density at radius 3 is 2.64 bits per heavy atom. The molecule has 1 N–H and O–H groups in total. The lowest BCUT2D eigenvalue weighted by Crippen LogP contribution is -2.23. The minimum atomic E-state index is -1.13. The summed E-state index contributed by atoms with van der Waals surface area (Å²) in [5.74, 6) is -0.0619. The van der Waals surface area contributed by atoms with Crippen LogP contribution in [0.5, 0.6) is 11.5 Å². The number of methoxy groups -OCH3 is 1. The van der Waals surface area contributed by atoms with Crippen LogP contribution in [0.1, 0.15) is 12.5 Å². The fraction of sp³-hybridized carbons (Fsp3) is 0.111. The molecule has 9 nitrogen and oxygen atoms in total. The molecule has 0 aliphatic heterocycles. The van der Waals surface area contributed by atoms with E-state index in [1.54, 1.807) is 36.4 Å². The second-order valence-corrected chi connectivity index (χ2v) is 10.8. The Balaban J connectivity index is 1.66. The highest BCUT2D eigenvalue weighted by molar-refractivity contribution is 9.13. The second-order valence-electron chi connectivity index (χ2n) is 8.33. The van der Waals surface area contributed by atoms with Crippen molar-refractivity contribution in [1.82, 2.24) is 9.66 Å². The van der Waals surface area contributed by atoms with Gasteiger partial charge in [-0.1, -0.05) is 28.1 Å². The van der Waals surface area contributed by atoms with Gasteiger partial charge in [0.2, 0.25) is 5.82 Å². The zero-order valence-electron chi connectivity index (χ0n) is 20.3. The van der Waals surface area contributed by atoms with Crippen molar-refractivity contribution in [1.29, 1.82) is 0 Å². The number of ether oxygens (including phenoxy) is 2. The number of para-hydroxylation sites is 1. The molecule has 1 atom stereocenters. The number of aliphatic carboxylic acids is 1. The number of hydrogen-bond donors (Lipinski definition) is 1. The van der Waals surface area contributed by atoms with Gasteiger partial charge in [0.25, 0.3) is 5.56 Å². The summed E-state index contributed by atoms with van der Waals surface area (Å²) in [5, 5.41) is 15.0. The molecule has 39 heavy (non-hydrogen) atoms. The minimum Gasteiger partial charge on any atom is -0.493 e. The molecule has 0 fully saturated rings. The van der Waals surface area contributed by atoms with E-state index in [4.69, 9.17) is 18.9 Å². The molecule has 0 unspecified atom stereocenters. The second kappa shape index (κ2) is 10.9. The molecule has 5 rings (SSSR count). The molecule has 0 radical (unpaired) electrons. The number of carbonyl (C=O) groups is 1. The molecule has 3 aromatic carbocycles. The quantitative estimate of drug-likeness (QED) is 0.183. The Bertz CT molecular complexity index is 1850. The van der Waals surface area contributed by atoms with Gasteiger partial charge in [-0.25, -0.2) is 9.78 Å². The number of aromatic nitrogens is 2. The first-order valence-electron chi connectivity index (χ1n) is 11.4. The molecular formula is C27H18Br3N3O6. The first-order chi connectivity index (χ1) is 18.7. The maximum Gasteiger partial charge on any atom is 0.344 e. The van der Waals surface area contributed by atoms with Gasteiger partial charge in [0.1, 0.15) is 5.58 Å². The van der Waals surface area contributed by atoms with Crippen LogP contribution in [-0.4, -0.2) is 40.2 Å². The van der Waals surface area contributed by atoms with Crippen LogP contribution in [0, 0.1) is 0 Å². The highest BCUT2D eigenvalue weighted by Crippen LogP contribution is 2.43. The lowest BCUT2D eigenvalue weighted by molar-refractivity contribution is -0.144. The van der Waals surface area contributed by atoms with Crippen LogP contribution in [0.15, 0.2) is 82.3 Å². The van der Waals surface area contributed by atoms with E-state index in [1.165, 1.54) is 24.9 Å². The first kappa shape index (κ1) is 27.1. The summed E-state index contributed by atoms with van der Waals surface area (Å²) in [4.78, 5) is 29.6. The molecule has 0 bridgehead atoms. The molecule has 2 aromatic heterocycles. The minimum absolute atomic E-state index is 0.204. The summed E-state index contributed by atoms with van der Waals surface area (Å²) in [5.41, 5.74) is 1.28. The van der Waals surface area contributed by atoms with Gasteiger partial charge >= 0.3 is 5.97 Å². The fourth-order valence-electron chi connectivity index (χ4n) is 3.82. The van der Waals surface area contributed by atoms with Gasteiger partial charge in [0.05, 0.1) is 28.7 Å². The third-order valence-corrected chi connectivity index (χ3v) is 8.42. The van der Waals surface area contributed by atoms with Crippen molar-refractivity contribution < 1.29 is 23.8 Å². The van der Waals surface area contributed by atoms with Crippen LogP contribution in [0.4, 0.5) is 0 Å². The standard InChI is InChI=1S/C27H18Br3N3O6/c1-13(27(35)36)38-24-20(37-2)11-15(22(29)23(24)30)12-31-33-25(32-18-6-4-3-5-17(18)26(33)34)21-10-14-9-16(28)7-8-19(14)39-21/h3-13H,1-2H3,(H,35,36)/t13-/m0/s1. The van der Waals surface area contributed by atoms with Gasteiger partial charge < -0.3 is 19.0 Å². The molecule has 0 amide bonds. The van der Waals surface area contributed by atoms with Crippen LogP contribution in [0.2, 0.25) is 0 Å². The molecular weight excluding hydrogens is 702 g/mol. The molecule has 0 spiro atoms. The van der Waals surface area contributed by atoms with Crippen LogP contribution in [0.25, 0.3) is 33.5 Å². The number of carboxylic acids is 1. The third kappa shape index (κ3) is 5.23. The van der Waals surface area contributed by atoms with E-state index >= 15 is 0 Å². The predicted molar refractivity (Wildman–Crippen MR) is 158 cm³/mol. The summed E-state index contributed by atoms with van der Waals surface area (Å²) in [6, 6.07) is 16.0. The summed E-state index contributed by atoms with van der Waals surface area (Å²) < 4.78 is 20.1. The van der Waals surface area contributed by atoms with Crippen LogP contribution in [-0.2, 0) is 4.79 Å². The molecule has 0 saturated carbocycles. The van der Waals surface area contributed by atoms with Crippen molar-refractivity contribution in [3.63, 3.8) is 0 Å². The van der Waals surface area contributed by atoms with Crippen LogP contribution in [0.3, 0.4) is 0 Å². The Kier molecular flexibility index (Phi) is 7.61. The normalized spacial score (nSPS) is 12.3. The van der Waals surface area contributed by atoms with Gasteiger partial charge in [-0.3, -0.25) is 4.79 Å². The van der Waals surface area contributed by atoms with E-state index in [9.17, 15) is 14.7 Å². The third-order valence-electron chi connectivity index (χ3n) is 5.78. The van der Waals surface area contributed by atoms with E-state index in [-0.39, 0.29) is 22.9 Å². The van der Waals surface area contributed by atoms with Crippen molar-refractivity contribution >= 4 is 81.8 Å². The van der Waals surface area contributed by atoms with Crippen molar-refractivity contribution in [2.24, 2.45) is 5.10 Å². The zero-order valence-corrected chi connectivity index (χ0v) is 25.1. The van der Waals surface area contributed by atoms with Crippen molar-refractivity contribution in [3.8, 4) is 23.1 Å². The highest BCUT2D eigenvalue weighted by Gasteiger charge is 2.22. The topological polar surface area (TPSA) is 116 Å². The van der Waals surface area contributed by atoms with E-state index in [1.807, 2.05) is 18.2 Å². The SMILES string of the molecule is COc1cc(C=Nn2c(-c3cc4cc(Br)ccc4o3)nc3ccccc3c2=O)c(Br)c(Br)c1O[C@@H](C)C(=O)O. The number of benzene rings is 3. The van der Waals surface area contributed by atoms with Crippen molar-refractivity contribution in [2.75, 3.05) is 7.11 Å². The van der Waals surface area contributed by atoms with Crippen LogP contribution >= 0.6 is 47.8 Å². The lowest BCUT2D eigenvalue weighted by atomic mass is 10.2. The van der Waals surface area contributed by atoms with Gasteiger partial charge in [-0.15, -0.1) is 0 Å². The van der Waals surface area contributed by atoms with Gasteiger partial charge in [0.15, 0.2) is 23.4 Å². The molecule has 0 aliphatic rings. The molecule has 0 aliphatic carbocycles. The monoisotopic (exact) mass is 717 g/mol. The molecule has 5 aromatic rings. The summed E-state index contributed by atoms with van der Waals surface area (Å²) in [7, 11) is 1.44.